The number of piperazine rings is 1. The highest BCUT2D eigenvalue weighted by Gasteiger charge is 2.37. The number of carbonyl (C=O) groups is 1. The van der Waals surface area contributed by atoms with E-state index < -0.39 is 0 Å². The van der Waals surface area contributed by atoms with Crippen molar-refractivity contribution in [2.75, 3.05) is 32.9 Å². The van der Waals surface area contributed by atoms with E-state index in [4.69, 9.17) is 9.73 Å². The molecule has 5 rings (SSSR count). The quantitative estimate of drug-likeness (QED) is 0.515. The topological polar surface area (TPSA) is 88.8 Å². The van der Waals surface area contributed by atoms with Gasteiger partial charge in [-0.15, -0.1) is 12.4 Å². The molecular weight excluding hydrogens is 492 g/mol. The summed E-state index contributed by atoms with van der Waals surface area (Å²) in [5.41, 5.74) is 4.39. The van der Waals surface area contributed by atoms with Gasteiger partial charge in [-0.3, -0.25) is 4.90 Å². The van der Waals surface area contributed by atoms with Crippen LogP contribution >= 0.6 is 12.4 Å². The van der Waals surface area contributed by atoms with E-state index in [2.05, 4.69) is 4.90 Å². The van der Waals surface area contributed by atoms with E-state index in [0.717, 1.165) is 22.4 Å². The molecule has 3 aromatic carbocycles. The molecule has 1 unspecified atom stereocenters. The molecule has 0 radical (unpaired) electrons. The number of phenols is 1. The average Bonchev–Trinajstić information content (AvgIpc) is 2.91. The molecule has 0 aromatic heterocycles. The van der Waals surface area contributed by atoms with Crippen molar-refractivity contribution in [2.24, 2.45) is 4.99 Å². The average molecular weight is 523 g/mol. The summed E-state index contributed by atoms with van der Waals surface area (Å²) in [6.07, 6.45) is -0.617. The molecule has 2 aliphatic heterocycles. The Balaban J connectivity index is 0.00000320. The number of aliphatic imine (C=N–C) groups is 1. The van der Waals surface area contributed by atoms with Crippen LogP contribution in [0.3, 0.4) is 0 Å². The van der Waals surface area contributed by atoms with E-state index in [1.165, 1.54) is 0 Å². The summed E-state index contributed by atoms with van der Waals surface area (Å²) < 4.78 is 5.52. The fourth-order valence-corrected chi connectivity index (χ4v) is 4.81. The molecule has 1 saturated heterocycles. The van der Waals surface area contributed by atoms with Gasteiger partial charge in [-0.05, 0) is 36.2 Å². The van der Waals surface area contributed by atoms with Crippen LogP contribution in [-0.2, 0) is 11.3 Å². The minimum absolute atomic E-state index is 0. The molecular formula is C28H31ClN4O4. The van der Waals surface area contributed by atoms with Gasteiger partial charge in [0.05, 0.1) is 11.3 Å². The van der Waals surface area contributed by atoms with Gasteiger partial charge in [0.25, 0.3) is 0 Å². The zero-order valence-corrected chi connectivity index (χ0v) is 21.5. The monoisotopic (exact) mass is 522 g/mol. The highest BCUT2D eigenvalue weighted by Crippen LogP contribution is 2.40. The number of aryl methyl sites for hydroxylation is 1. The van der Waals surface area contributed by atoms with Gasteiger partial charge in [-0.25, -0.2) is 9.79 Å². The number of benzene rings is 3. The van der Waals surface area contributed by atoms with Gasteiger partial charge in [0.2, 0.25) is 0 Å². The van der Waals surface area contributed by atoms with E-state index >= 15 is 0 Å². The summed E-state index contributed by atoms with van der Waals surface area (Å²) in [5.74, 6) is 0.624. The van der Waals surface area contributed by atoms with Gasteiger partial charge in [0.15, 0.2) is 0 Å². The summed E-state index contributed by atoms with van der Waals surface area (Å²) in [6, 6.07) is 22.8. The molecule has 1 fully saturated rings. The van der Waals surface area contributed by atoms with Crippen molar-refractivity contribution in [3.63, 3.8) is 0 Å². The van der Waals surface area contributed by atoms with E-state index in [9.17, 15) is 15.0 Å². The number of ether oxygens (including phenoxy) is 1. The Kier molecular flexibility index (Phi) is 8.33. The summed E-state index contributed by atoms with van der Waals surface area (Å²) in [4.78, 5) is 23.3. The number of amides is 1. The Morgan fingerprint density at radius 3 is 2.41 bits per heavy atom. The number of para-hydroxylation sites is 1. The molecule has 1 atom stereocenters. The third kappa shape index (κ3) is 5.56. The predicted molar refractivity (Wildman–Crippen MR) is 144 cm³/mol. The largest absolute Gasteiger partial charge is 0.507 e. The molecule has 2 aliphatic rings. The Morgan fingerprint density at radius 2 is 1.70 bits per heavy atom. The first-order chi connectivity index (χ1) is 17.5. The van der Waals surface area contributed by atoms with Crippen LogP contribution in [0.5, 0.6) is 5.75 Å². The van der Waals surface area contributed by atoms with Crippen molar-refractivity contribution in [1.29, 1.82) is 0 Å². The van der Waals surface area contributed by atoms with Crippen molar-refractivity contribution >= 4 is 30.0 Å². The number of amidine groups is 1. The fraction of sp³-hybridized carbons (Fsp3) is 0.286. The number of halogens is 1. The summed E-state index contributed by atoms with van der Waals surface area (Å²) in [5, 5.41) is 21.0. The molecule has 8 nitrogen and oxygen atoms in total. The molecule has 1 amide bonds. The first kappa shape index (κ1) is 26.5. The molecule has 194 valence electrons. The minimum Gasteiger partial charge on any atom is -0.507 e. The highest BCUT2D eigenvalue weighted by atomic mass is 35.5. The van der Waals surface area contributed by atoms with Crippen molar-refractivity contribution in [3.05, 3.63) is 95.1 Å². The number of aliphatic hydroxyl groups excluding tert-OH is 1. The third-order valence-corrected chi connectivity index (χ3v) is 6.68. The number of nitrogens with zero attached hydrogens (tertiary/aromatic N) is 4. The van der Waals surface area contributed by atoms with E-state index in [1.807, 2.05) is 61.5 Å². The lowest BCUT2D eigenvalue weighted by molar-refractivity contribution is 0.00155. The van der Waals surface area contributed by atoms with Gasteiger partial charge in [0, 0.05) is 31.7 Å². The smallest absolute Gasteiger partial charge is 0.410 e. The number of hydrogen-bond acceptors (Lipinski definition) is 7. The first-order valence-electron chi connectivity index (χ1n) is 12.1. The number of rotatable bonds is 5. The predicted octanol–water partition coefficient (Wildman–Crippen LogP) is 4.42. The van der Waals surface area contributed by atoms with Gasteiger partial charge in [0.1, 0.15) is 31.1 Å². The maximum absolute atomic E-state index is 12.7. The Morgan fingerprint density at radius 1 is 1.00 bits per heavy atom. The van der Waals surface area contributed by atoms with E-state index in [0.29, 0.717) is 37.6 Å². The third-order valence-electron chi connectivity index (χ3n) is 6.68. The number of aromatic hydroxyl groups is 1. The van der Waals surface area contributed by atoms with Crippen LogP contribution in [0, 0.1) is 6.92 Å². The number of phenolic OH excluding ortho intramolecular Hbond substituents is 1. The van der Waals surface area contributed by atoms with E-state index in [1.54, 1.807) is 28.0 Å². The molecule has 0 spiro atoms. The van der Waals surface area contributed by atoms with Crippen molar-refractivity contribution in [2.45, 2.75) is 19.7 Å². The highest BCUT2D eigenvalue weighted by molar-refractivity contribution is 6.03. The van der Waals surface area contributed by atoms with Crippen molar-refractivity contribution < 1.29 is 19.7 Å². The van der Waals surface area contributed by atoms with Gasteiger partial charge in [-0.2, -0.15) is 0 Å². The van der Waals surface area contributed by atoms with Gasteiger partial charge >= 0.3 is 6.09 Å². The SMILES string of the molecule is Cc1ccc2c(c1)N=C(c1ccccc1O)N(CO)C2N1CCN(C(=O)OCc2ccccc2)CC1.Cl. The molecule has 2 heterocycles. The zero-order valence-electron chi connectivity index (χ0n) is 20.7. The van der Waals surface area contributed by atoms with Crippen LogP contribution in [0.4, 0.5) is 10.5 Å². The summed E-state index contributed by atoms with van der Waals surface area (Å²) in [7, 11) is 0. The summed E-state index contributed by atoms with van der Waals surface area (Å²) >= 11 is 0. The molecule has 0 aliphatic carbocycles. The Hall–Kier alpha value is -3.59. The van der Waals surface area contributed by atoms with E-state index in [-0.39, 0.29) is 43.8 Å². The molecule has 9 heteroatoms. The lowest BCUT2D eigenvalue weighted by Gasteiger charge is -2.46. The number of fused-ring (bicyclic) bond motifs is 1. The van der Waals surface area contributed by atoms with Crippen LogP contribution in [0.25, 0.3) is 0 Å². The normalized spacial score (nSPS) is 17.5. The van der Waals surface area contributed by atoms with Gasteiger partial charge in [-0.1, -0.05) is 54.6 Å². The Bertz CT molecular complexity index is 1260. The lowest BCUT2D eigenvalue weighted by atomic mass is 10.0. The van der Waals surface area contributed by atoms with Gasteiger partial charge < -0.3 is 24.7 Å². The van der Waals surface area contributed by atoms with Crippen molar-refractivity contribution in [1.82, 2.24) is 14.7 Å². The molecule has 0 saturated carbocycles. The maximum atomic E-state index is 12.7. The second-order valence-electron chi connectivity index (χ2n) is 9.06. The molecule has 0 bridgehead atoms. The maximum Gasteiger partial charge on any atom is 0.410 e. The van der Waals surface area contributed by atoms with Crippen LogP contribution in [0.1, 0.15) is 28.4 Å². The lowest BCUT2D eigenvalue weighted by Crippen LogP contribution is -2.55. The van der Waals surface area contributed by atoms with Crippen LogP contribution in [0.2, 0.25) is 0 Å². The molecule has 2 N–H and O–H groups in total. The van der Waals surface area contributed by atoms with Crippen LogP contribution < -0.4 is 0 Å². The Labute approximate surface area is 222 Å². The standard InChI is InChI=1S/C28H30N4O4.ClH/c1-20-11-12-22-24(17-20)29-26(23-9-5-6-10-25(23)34)32(19-33)27(22)30-13-15-31(16-14-30)28(35)36-18-21-7-3-2-4-8-21;/h2-12,17,27,33-34H,13-16,18-19H2,1H3;1H. The van der Waals surface area contributed by atoms with Crippen LogP contribution in [0.15, 0.2) is 77.8 Å². The second kappa shape index (κ2) is 11.6. The zero-order chi connectivity index (χ0) is 25.1. The second-order valence-corrected chi connectivity index (χ2v) is 9.06. The fourth-order valence-electron chi connectivity index (χ4n) is 4.81. The summed E-state index contributed by atoms with van der Waals surface area (Å²) in [6.45, 7) is 4.20. The molecule has 3 aromatic rings. The number of hydrogen-bond donors (Lipinski definition) is 2. The van der Waals surface area contributed by atoms with Crippen molar-refractivity contribution in [3.8, 4) is 5.75 Å². The number of carbonyl (C=O) groups excluding carboxylic acids is 1. The number of aliphatic hydroxyl groups is 1. The minimum atomic E-state index is -0.325. The van der Waals surface area contributed by atoms with Crippen LogP contribution in [-0.4, -0.2) is 69.8 Å². The molecule has 37 heavy (non-hydrogen) atoms. The first-order valence-corrected chi connectivity index (χ1v) is 12.1.